The predicted octanol–water partition coefficient (Wildman–Crippen LogP) is 5.65. The minimum Gasteiger partial charge on any atom is -0.457 e. The quantitative estimate of drug-likeness (QED) is 0.677. The van der Waals surface area contributed by atoms with E-state index < -0.39 is 0 Å². The Kier molecular flexibility index (Phi) is 5.15. The van der Waals surface area contributed by atoms with Gasteiger partial charge in [0.1, 0.15) is 6.61 Å². The molecular formula is C18H18Cl2O2. The third-order valence-electron chi connectivity index (χ3n) is 3.36. The Hall–Kier alpha value is -1.51. The topological polar surface area (TPSA) is 26.3 Å². The van der Waals surface area contributed by atoms with Gasteiger partial charge in [-0.15, -0.1) is 0 Å². The van der Waals surface area contributed by atoms with Crippen molar-refractivity contribution in [2.24, 2.45) is 0 Å². The van der Waals surface area contributed by atoms with E-state index in [0.29, 0.717) is 15.6 Å². The first-order chi connectivity index (χ1) is 10.3. The maximum Gasteiger partial charge on any atom is 0.338 e. The lowest BCUT2D eigenvalue weighted by atomic mass is 9.87. The van der Waals surface area contributed by atoms with Crippen LogP contribution in [0.4, 0.5) is 0 Å². The Morgan fingerprint density at radius 2 is 1.68 bits per heavy atom. The van der Waals surface area contributed by atoms with Crippen molar-refractivity contribution in [1.29, 1.82) is 0 Å². The largest absolute Gasteiger partial charge is 0.457 e. The summed E-state index contributed by atoms with van der Waals surface area (Å²) in [7, 11) is 0. The lowest BCUT2D eigenvalue weighted by Gasteiger charge is -2.18. The van der Waals surface area contributed by atoms with E-state index in [4.69, 9.17) is 27.9 Å². The molecule has 4 heteroatoms. The third kappa shape index (κ3) is 4.25. The van der Waals surface area contributed by atoms with Crippen LogP contribution in [0, 0.1) is 0 Å². The van der Waals surface area contributed by atoms with Gasteiger partial charge in [-0.2, -0.15) is 0 Å². The van der Waals surface area contributed by atoms with Crippen LogP contribution < -0.4 is 0 Å². The van der Waals surface area contributed by atoms with Gasteiger partial charge in [0.15, 0.2) is 0 Å². The lowest BCUT2D eigenvalue weighted by molar-refractivity contribution is 0.0473. The molecule has 0 fully saturated rings. The van der Waals surface area contributed by atoms with Crippen LogP contribution in [0.1, 0.15) is 42.3 Å². The zero-order valence-electron chi connectivity index (χ0n) is 12.8. The average Bonchev–Trinajstić information content (AvgIpc) is 2.45. The second kappa shape index (κ2) is 6.72. The second-order valence-corrected chi connectivity index (χ2v) is 6.98. The molecule has 0 aliphatic heterocycles. The number of ether oxygens (including phenoxy) is 1. The zero-order chi connectivity index (χ0) is 16.3. The molecule has 0 aliphatic rings. The number of carbonyl (C=O) groups is 1. The molecule has 2 aromatic carbocycles. The molecule has 22 heavy (non-hydrogen) atoms. The van der Waals surface area contributed by atoms with Gasteiger partial charge in [0.25, 0.3) is 0 Å². The number of halogens is 2. The molecule has 0 spiro atoms. The van der Waals surface area contributed by atoms with Crippen molar-refractivity contribution in [3.8, 4) is 0 Å². The number of carbonyl (C=O) groups excluding carboxylic acids is 1. The summed E-state index contributed by atoms with van der Waals surface area (Å²) < 4.78 is 5.29. The van der Waals surface area contributed by atoms with Crippen molar-refractivity contribution in [1.82, 2.24) is 0 Å². The third-order valence-corrected chi connectivity index (χ3v) is 3.95. The fourth-order valence-corrected chi connectivity index (χ4v) is 2.43. The summed E-state index contributed by atoms with van der Waals surface area (Å²) in [5.41, 5.74) is 2.48. The smallest absolute Gasteiger partial charge is 0.338 e. The molecule has 0 saturated heterocycles. The van der Waals surface area contributed by atoms with Crippen LogP contribution in [0.3, 0.4) is 0 Å². The van der Waals surface area contributed by atoms with E-state index in [2.05, 4.69) is 20.8 Å². The van der Waals surface area contributed by atoms with E-state index in [-0.39, 0.29) is 18.0 Å². The number of hydrogen-bond donors (Lipinski definition) is 0. The van der Waals surface area contributed by atoms with Crippen molar-refractivity contribution >= 4 is 29.2 Å². The van der Waals surface area contributed by atoms with Gasteiger partial charge in [-0.25, -0.2) is 4.79 Å². The first-order valence-electron chi connectivity index (χ1n) is 6.99. The van der Waals surface area contributed by atoms with Crippen LogP contribution in [-0.2, 0) is 16.8 Å². The van der Waals surface area contributed by atoms with Gasteiger partial charge < -0.3 is 4.74 Å². The Bertz CT molecular complexity index is 670. The van der Waals surface area contributed by atoms with E-state index >= 15 is 0 Å². The van der Waals surface area contributed by atoms with Gasteiger partial charge in [0.05, 0.1) is 5.56 Å². The Labute approximate surface area is 141 Å². The summed E-state index contributed by atoms with van der Waals surface area (Å²) in [6, 6.07) is 12.6. The molecule has 0 N–H and O–H groups in total. The molecule has 0 amide bonds. The van der Waals surface area contributed by atoms with Gasteiger partial charge in [0.2, 0.25) is 0 Å². The summed E-state index contributed by atoms with van der Waals surface area (Å²) >= 11 is 11.9. The van der Waals surface area contributed by atoms with Gasteiger partial charge in [-0.1, -0.05) is 62.2 Å². The van der Waals surface area contributed by atoms with Crippen LogP contribution in [0.15, 0.2) is 42.5 Å². The summed E-state index contributed by atoms with van der Waals surface area (Å²) in [5.74, 6) is -0.369. The van der Waals surface area contributed by atoms with Gasteiger partial charge in [0, 0.05) is 15.6 Å². The van der Waals surface area contributed by atoms with E-state index in [1.165, 1.54) is 5.56 Å². The molecule has 0 atom stereocenters. The molecule has 116 valence electrons. The zero-order valence-corrected chi connectivity index (χ0v) is 14.3. The summed E-state index contributed by atoms with van der Waals surface area (Å²) in [6.07, 6.45) is 0. The minimum atomic E-state index is -0.369. The summed E-state index contributed by atoms with van der Waals surface area (Å²) in [5, 5.41) is 1.04. The normalized spacial score (nSPS) is 11.3. The SMILES string of the molecule is CC(C)(C)c1ccc(C(=O)OCc2ccc(Cl)cc2Cl)cc1. The van der Waals surface area contributed by atoms with E-state index in [0.717, 1.165) is 5.56 Å². The fourth-order valence-electron chi connectivity index (χ4n) is 1.97. The first kappa shape index (κ1) is 16.9. The van der Waals surface area contributed by atoms with E-state index in [1.807, 2.05) is 12.1 Å². The van der Waals surface area contributed by atoms with E-state index in [9.17, 15) is 4.79 Å². The Morgan fingerprint density at radius 1 is 1.05 bits per heavy atom. The number of benzene rings is 2. The van der Waals surface area contributed by atoms with Gasteiger partial charge in [-0.3, -0.25) is 0 Å². The molecule has 0 unspecified atom stereocenters. The molecule has 2 nitrogen and oxygen atoms in total. The van der Waals surface area contributed by atoms with Crippen LogP contribution in [-0.4, -0.2) is 5.97 Å². The van der Waals surface area contributed by atoms with Gasteiger partial charge >= 0.3 is 5.97 Å². The van der Waals surface area contributed by atoms with E-state index in [1.54, 1.807) is 30.3 Å². The van der Waals surface area contributed by atoms with Crippen molar-refractivity contribution in [3.63, 3.8) is 0 Å². The molecule has 0 aromatic heterocycles. The molecule has 0 saturated carbocycles. The molecule has 0 heterocycles. The molecule has 0 aliphatic carbocycles. The summed E-state index contributed by atoms with van der Waals surface area (Å²) in [4.78, 5) is 12.1. The highest BCUT2D eigenvalue weighted by atomic mass is 35.5. The first-order valence-corrected chi connectivity index (χ1v) is 7.74. The predicted molar refractivity (Wildman–Crippen MR) is 90.7 cm³/mol. The van der Waals surface area contributed by atoms with Gasteiger partial charge in [-0.05, 0) is 35.2 Å². The minimum absolute atomic E-state index is 0.0548. The average molecular weight is 337 g/mol. The molecule has 2 aromatic rings. The van der Waals surface area contributed by atoms with Crippen LogP contribution in [0.5, 0.6) is 0 Å². The van der Waals surface area contributed by atoms with Crippen molar-refractivity contribution < 1.29 is 9.53 Å². The van der Waals surface area contributed by atoms with Crippen molar-refractivity contribution in [2.75, 3.05) is 0 Å². The molecular weight excluding hydrogens is 319 g/mol. The highest BCUT2D eigenvalue weighted by molar-refractivity contribution is 6.35. The number of esters is 1. The lowest BCUT2D eigenvalue weighted by Crippen LogP contribution is -2.12. The van der Waals surface area contributed by atoms with Crippen LogP contribution in [0.25, 0.3) is 0 Å². The molecule has 2 rings (SSSR count). The monoisotopic (exact) mass is 336 g/mol. The summed E-state index contributed by atoms with van der Waals surface area (Å²) in [6.45, 7) is 6.50. The van der Waals surface area contributed by atoms with Crippen LogP contribution >= 0.6 is 23.2 Å². The standard InChI is InChI=1S/C18H18Cl2O2/c1-18(2,3)14-7-4-12(5-8-14)17(21)22-11-13-6-9-15(19)10-16(13)20/h4-10H,11H2,1-3H3. The highest BCUT2D eigenvalue weighted by Crippen LogP contribution is 2.24. The number of rotatable bonds is 3. The fraction of sp³-hybridized carbons (Fsp3) is 0.278. The Balaban J connectivity index is 2.03. The second-order valence-electron chi connectivity index (χ2n) is 6.14. The molecule has 0 bridgehead atoms. The van der Waals surface area contributed by atoms with Crippen LogP contribution in [0.2, 0.25) is 10.0 Å². The van der Waals surface area contributed by atoms with Crippen molar-refractivity contribution in [3.05, 3.63) is 69.2 Å². The maximum atomic E-state index is 12.1. The Morgan fingerprint density at radius 3 is 2.23 bits per heavy atom. The maximum absolute atomic E-state index is 12.1. The molecule has 0 radical (unpaired) electrons. The highest BCUT2D eigenvalue weighted by Gasteiger charge is 2.15. The van der Waals surface area contributed by atoms with Crippen molar-refractivity contribution in [2.45, 2.75) is 32.8 Å². The number of hydrogen-bond acceptors (Lipinski definition) is 2.